The number of amides is 3. The summed E-state index contributed by atoms with van der Waals surface area (Å²) in [7, 11) is 0. The van der Waals surface area contributed by atoms with E-state index in [0.29, 0.717) is 16.8 Å². The Morgan fingerprint density at radius 2 is 1.57 bits per heavy atom. The summed E-state index contributed by atoms with van der Waals surface area (Å²) in [5.41, 5.74) is 4.51. The Balaban J connectivity index is 1.42. The van der Waals surface area contributed by atoms with Gasteiger partial charge in [0.05, 0.1) is 12.6 Å². The first-order valence-corrected chi connectivity index (χ1v) is 13.2. The molecule has 1 saturated heterocycles. The summed E-state index contributed by atoms with van der Waals surface area (Å²) in [4.78, 5) is 41.3. The number of aryl methyl sites for hydroxylation is 1. The smallest absolute Gasteiger partial charge is 0.411 e. The average molecular weight is 534 g/mol. The van der Waals surface area contributed by atoms with Gasteiger partial charge in [-0.05, 0) is 54.8 Å². The fourth-order valence-electron chi connectivity index (χ4n) is 4.90. The Morgan fingerprint density at radius 1 is 0.875 bits per heavy atom. The molecular formula is C33H31N3O4. The van der Waals surface area contributed by atoms with Gasteiger partial charge >= 0.3 is 6.09 Å². The zero-order valence-corrected chi connectivity index (χ0v) is 22.4. The van der Waals surface area contributed by atoms with Gasteiger partial charge in [0, 0.05) is 11.3 Å². The molecule has 7 nitrogen and oxygen atoms in total. The highest BCUT2D eigenvalue weighted by molar-refractivity contribution is 6.04. The van der Waals surface area contributed by atoms with E-state index in [1.165, 1.54) is 4.90 Å². The Hall–Kier alpha value is -4.91. The summed E-state index contributed by atoms with van der Waals surface area (Å²) < 4.78 is 5.83. The van der Waals surface area contributed by atoms with Crippen molar-refractivity contribution in [3.05, 3.63) is 137 Å². The van der Waals surface area contributed by atoms with Crippen LogP contribution in [0.5, 0.6) is 0 Å². The molecule has 2 N–H and O–H groups in total. The number of hydrogen-bond donors (Lipinski definition) is 2. The summed E-state index contributed by atoms with van der Waals surface area (Å²) in [5, 5.41) is 5.98. The van der Waals surface area contributed by atoms with E-state index in [1.807, 2.05) is 92.7 Å². The van der Waals surface area contributed by atoms with Crippen LogP contribution < -0.4 is 10.6 Å². The van der Waals surface area contributed by atoms with Crippen LogP contribution >= 0.6 is 0 Å². The molecule has 7 heteroatoms. The molecular weight excluding hydrogens is 502 g/mol. The van der Waals surface area contributed by atoms with Crippen molar-refractivity contribution < 1.29 is 19.1 Å². The second-order valence-corrected chi connectivity index (χ2v) is 9.95. The fourth-order valence-corrected chi connectivity index (χ4v) is 4.90. The summed E-state index contributed by atoms with van der Waals surface area (Å²) in [5.74, 6) is -0.571. The molecule has 3 unspecified atom stereocenters. The molecule has 0 radical (unpaired) electrons. The molecule has 0 spiro atoms. The van der Waals surface area contributed by atoms with Crippen LogP contribution in [0.25, 0.3) is 0 Å². The number of rotatable bonds is 8. The number of ether oxygens (including phenoxy) is 1. The topological polar surface area (TPSA) is 87.7 Å². The first-order chi connectivity index (χ1) is 19.4. The highest BCUT2D eigenvalue weighted by atomic mass is 16.6. The van der Waals surface area contributed by atoms with Crippen molar-refractivity contribution in [3.63, 3.8) is 0 Å². The van der Waals surface area contributed by atoms with Crippen molar-refractivity contribution in [1.29, 1.82) is 0 Å². The number of carbonyl (C=O) groups excluding carboxylic acids is 3. The molecule has 0 aliphatic carbocycles. The van der Waals surface area contributed by atoms with Crippen LogP contribution in [0.2, 0.25) is 0 Å². The monoisotopic (exact) mass is 533 g/mol. The molecule has 4 aromatic carbocycles. The number of nitrogens with zero attached hydrogens (tertiary/aromatic N) is 1. The number of anilines is 1. The maximum Gasteiger partial charge on any atom is 0.411 e. The fraction of sp³-hybridized carbons (Fsp3) is 0.182. The highest BCUT2D eigenvalue weighted by Crippen LogP contribution is 2.35. The van der Waals surface area contributed by atoms with Gasteiger partial charge in [-0.1, -0.05) is 90.5 Å². The molecule has 0 bridgehead atoms. The number of hydrogen-bond acceptors (Lipinski definition) is 4. The molecule has 0 saturated carbocycles. The molecule has 1 aliphatic rings. The summed E-state index contributed by atoms with van der Waals surface area (Å²) >= 11 is 0. The molecule has 4 aromatic rings. The zero-order valence-electron chi connectivity index (χ0n) is 22.4. The Morgan fingerprint density at radius 3 is 2.30 bits per heavy atom. The number of cyclic esters (lactones) is 1. The number of benzene rings is 4. The van der Waals surface area contributed by atoms with Crippen LogP contribution in [0, 0.1) is 6.92 Å². The van der Waals surface area contributed by atoms with E-state index in [4.69, 9.17) is 4.74 Å². The predicted octanol–water partition coefficient (Wildman–Crippen LogP) is 6.19. The molecule has 40 heavy (non-hydrogen) atoms. The van der Waals surface area contributed by atoms with Gasteiger partial charge in [-0.15, -0.1) is 0 Å². The quantitative estimate of drug-likeness (QED) is 0.283. The molecule has 1 aliphatic heterocycles. The minimum Gasteiger partial charge on any atom is -0.438 e. The van der Waals surface area contributed by atoms with E-state index in [9.17, 15) is 14.4 Å². The van der Waals surface area contributed by atoms with Crippen LogP contribution in [-0.2, 0) is 16.1 Å². The van der Waals surface area contributed by atoms with Crippen molar-refractivity contribution in [1.82, 2.24) is 10.2 Å². The first kappa shape index (κ1) is 26.7. The standard InChI is InChI=1S/C33H31N3O4/c1-22-11-9-17-27(19-22)31(37)35-28-18-10-16-26(20-28)30-29(32(38)34-23(2)25-14-7-4-8-15-25)36(33(39)40-30)21-24-12-5-3-6-13-24/h3-20,23,29-30H,21H2,1-2H3,(H,34,38)(H,35,37). The van der Waals surface area contributed by atoms with E-state index in [2.05, 4.69) is 10.6 Å². The lowest BCUT2D eigenvalue weighted by Gasteiger charge is -2.26. The molecule has 1 fully saturated rings. The van der Waals surface area contributed by atoms with E-state index < -0.39 is 18.2 Å². The van der Waals surface area contributed by atoms with Gasteiger partial charge < -0.3 is 15.4 Å². The summed E-state index contributed by atoms with van der Waals surface area (Å²) in [6, 6.07) is 32.4. The molecule has 0 aromatic heterocycles. The van der Waals surface area contributed by atoms with Crippen LogP contribution in [0.3, 0.4) is 0 Å². The summed E-state index contributed by atoms with van der Waals surface area (Å²) in [6.45, 7) is 4.05. The van der Waals surface area contributed by atoms with E-state index in [1.54, 1.807) is 30.3 Å². The lowest BCUT2D eigenvalue weighted by Crippen LogP contribution is -2.46. The Bertz CT molecular complexity index is 1510. The van der Waals surface area contributed by atoms with E-state index in [-0.39, 0.29) is 24.4 Å². The molecule has 5 rings (SSSR count). The third kappa shape index (κ3) is 6.04. The number of nitrogens with one attached hydrogen (secondary N) is 2. The first-order valence-electron chi connectivity index (χ1n) is 13.2. The second kappa shape index (κ2) is 11.9. The minimum absolute atomic E-state index is 0.220. The maximum atomic E-state index is 13.8. The van der Waals surface area contributed by atoms with Gasteiger partial charge in [0.2, 0.25) is 5.91 Å². The van der Waals surface area contributed by atoms with E-state index in [0.717, 1.165) is 16.7 Å². The van der Waals surface area contributed by atoms with Gasteiger partial charge in [0.25, 0.3) is 5.91 Å². The normalized spacial score (nSPS) is 17.1. The van der Waals surface area contributed by atoms with E-state index >= 15 is 0 Å². The van der Waals surface area contributed by atoms with Gasteiger partial charge in [-0.2, -0.15) is 0 Å². The Labute approximate surface area is 233 Å². The van der Waals surface area contributed by atoms with Gasteiger partial charge in [0.1, 0.15) is 0 Å². The second-order valence-electron chi connectivity index (χ2n) is 9.95. The molecule has 3 atom stereocenters. The van der Waals surface area contributed by atoms with Gasteiger partial charge in [0.15, 0.2) is 12.1 Å². The third-order valence-corrected chi connectivity index (χ3v) is 6.96. The largest absolute Gasteiger partial charge is 0.438 e. The van der Waals surface area contributed by atoms with Gasteiger partial charge in [-0.3, -0.25) is 14.5 Å². The highest BCUT2D eigenvalue weighted by Gasteiger charge is 2.47. The molecule has 1 heterocycles. The van der Waals surface area contributed by atoms with Crippen LogP contribution in [-0.4, -0.2) is 28.8 Å². The van der Waals surface area contributed by atoms with Crippen molar-refractivity contribution in [2.75, 3.05) is 5.32 Å². The van der Waals surface area contributed by atoms with Crippen molar-refractivity contribution in [2.45, 2.75) is 38.6 Å². The summed E-state index contributed by atoms with van der Waals surface area (Å²) in [6.07, 6.45) is -1.44. The average Bonchev–Trinajstić information content (AvgIpc) is 3.30. The molecule has 202 valence electrons. The SMILES string of the molecule is Cc1cccc(C(=O)Nc2cccc(C3OC(=O)N(Cc4ccccc4)C3C(=O)NC(C)c3ccccc3)c2)c1. The van der Waals surface area contributed by atoms with Crippen molar-refractivity contribution in [2.24, 2.45) is 0 Å². The minimum atomic E-state index is -0.915. The van der Waals surface area contributed by atoms with Crippen LogP contribution in [0.15, 0.2) is 109 Å². The maximum absolute atomic E-state index is 13.8. The third-order valence-electron chi connectivity index (χ3n) is 6.96. The molecule has 3 amide bonds. The predicted molar refractivity (Wildman–Crippen MR) is 154 cm³/mol. The lowest BCUT2D eigenvalue weighted by molar-refractivity contribution is -0.127. The van der Waals surface area contributed by atoms with Crippen LogP contribution in [0.1, 0.15) is 51.7 Å². The van der Waals surface area contributed by atoms with Gasteiger partial charge in [-0.25, -0.2) is 4.79 Å². The zero-order chi connectivity index (χ0) is 28.1. The number of carbonyl (C=O) groups is 3. The van der Waals surface area contributed by atoms with Crippen molar-refractivity contribution >= 4 is 23.6 Å². The van der Waals surface area contributed by atoms with Crippen LogP contribution in [0.4, 0.5) is 10.5 Å². The lowest BCUT2D eigenvalue weighted by atomic mass is 9.99. The van der Waals surface area contributed by atoms with Crippen molar-refractivity contribution in [3.8, 4) is 0 Å². The Kier molecular flexibility index (Phi) is 7.92.